The van der Waals surface area contributed by atoms with Crippen molar-refractivity contribution in [1.29, 1.82) is 0 Å². The van der Waals surface area contributed by atoms with Crippen molar-refractivity contribution in [3.05, 3.63) is 53.1 Å². The molecule has 2 N–H and O–H groups in total. The number of aryl methyl sites for hydroxylation is 2. The first kappa shape index (κ1) is 22.7. The van der Waals surface area contributed by atoms with Crippen molar-refractivity contribution in [2.45, 2.75) is 20.8 Å². The van der Waals surface area contributed by atoms with Gasteiger partial charge in [0.25, 0.3) is 5.91 Å². The van der Waals surface area contributed by atoms with E-state index in [0.717, 1.165) is 11.1 Å². The van der Waals surface area contributed by atoms with Crippen LogP contribution in [0.3, 0.4) is 0 Å². The summed E-state index contributed by atoms with van der Waals surface area (Å²) in [5.74, 6) is -0.751. The van der Waals surface area contributed by atoms with Crippen LogP contribution < -0.4 is 20.1 Å². The van der Waals surface area contributed by atoms with Crippen molar-refractivity contribution in [2.75, 3.05) is 32.2 Å². The Bertz CT molecular complexity index is 906. The van der Waals surface area contributed by atoms with Crippen molar-refractivity contribution in [2.24, 2.45) is 0 Å². The molecule has 0 aliphatic rings. The molecule has 8 nitrogen and oxygen atoms in total. The molecular weight excluding hydrogens is 388 g/mol. The molecule has 0 heterocycles. The summed E-state index contributed by atoms with van der Waals surface area (Å²) < 4.78 is 15.6. The number of hydrogen-bond donors (Lipinski definition) is 2. The molecule has 160 valence electrons. The van der Waals surface area contributed by atoms with Crippen LogP contribution in [0.1, 0.15) is 28.4 Å². The molecule has 0 spiro atoms. The predicted octanol–water partition coefficient (Wildman–Crippen LogP) is 2.62. The number of carbonyl (C=O) groups excluding carboxylic acids is 3. The highest BCUT2D eigenvalue weighted by Crippen LogP contribution is 2.28. The van der Waals surface area contributed by atoms with Crippen molar-refractivity contribution in [3.63, 3.8) is 0 Å². The lowest BCUT2D eigenvalue weighted by atomic mass is 10.1. The Kier molecular flexibility index (Phi) is 8.22. The van der Waals surface area contributed by atoms with Crippen LogP contribution in [0, 0.1) is 13.8 Å². The van der Waals surface area contributed by atoms with Gasteiger partial charge in [0.05, 0.1) is 25.8 Å². The maximum atomic E-state index is 12.2. The molecule has 2 aromatic carbocycles. The van der Waals surface area contributed by atoms with E-state index >= 15 is 0 Å². The van der Waals surface area contributed by atoms with Gasteiger partial charge < -0.3 is 24.8 Å². The number of nitrogens with one attached hydrogen (secondary N) is 2. The van der Waals surface area contributed by atoms with Gasteiger partial charge in [-0.25, -0.2) is 4.79 Å². The van der Waals surface area contributed by atoms with E-state index in [0.29, 0.717) is 23.8 Å². The molecule has 0 aliphatic heterocycles. The lowest BCUT2D eigenvalue weighted by Crippen LogP contribution is -2.35. The monoisotopic (exact) mass is 414 g/mol. The number of carbonyl (C=O) groups is 3. The van der Waals surface area contributed by atoms with Gasteiger partial charge in [0.2, 0.25) is 5.91 Å². The van der Waals surface area contributed by atoms with Gasteiger partial charge in [-0.15, -0.1) is 0 Å². The second-order valence-electron chi connectivity index (χ2n) is 6.47. The van der Waals surface area contributed by atoms with E-state index in [2.05, 4.69) is 10.6 Å². The average molecular weight is 414 g/mol. The molecular formula is C22H26N2O6. The van der Waals surface area contributed by atoms with Crippen LogP contribution in [-0.2, 0) is 14.3 Å². The molecule has 0 bridgehead atoms. The first-order valence-electron chi connectivity index (χ1n) is 9.46. The molecule has 0 unspecified atom stereocenters. The van der Waals surface area contributed by atoms with Crippen LogP contribution in [0.2, 0.25) is 0 Å². The molecule has 0 fully saturated rings. The zero-order valence-corrected chi connectivity index (χ0v) is 17.5. The highest BCUT2D eigenvalue weighted by atomic mass is 16.5. The fourth-order valence-corrected chi connectivity index (χ4v) is 2.71. The average Bonchev–Trinajstić information content (AvgIpc) is 2.73. The van der Waals surface area contributed by atoms with Crippen molar-refractivity contribution in [1.82, 2.24) is 5.32 Å². The lowest BCUT2D eigenvalue weighted by molar-refractivity contribution is -0.126. The number of methoxy groups -OCH3 is 1. The fraction of sp³-hybridized carbons (Fsp3) is 0.318. The zero-order chi connectivity index (χ0) is 22.1. The molecule has 0 aliphatic carbocycles. The largest absolute Gasteiger partial charge is 0.493 e. The van der Waals surface area contributed by atoms with E-state index in [1.807, 2.05) is 39.0 Å². The van der Waals surface area contributed by atoms with Gasteiger partial charge in [0.1, 0.15) is 0 Å². The van der Waals surface area contributed by atoms with Gasteiger partial charge >= 0.3 is 5.97 Å². The second-order valence-corrected chi connectivity index (χ2v) is 6.47. The highest BCUT2D eigenvalue weighted by molar-refractivity contribution is 5.96. The Morgan fingerprint density at radius 2 is 1.67 bits per heavy atom. The summed E-state index contributed by atoms with van der Waals surface area (Å²) in [7, 11) is 1.50. The third-order valence-electron chi connectivity index (χ3n) is 4.23. The number of hydrogen-bond acceptors (Lipinski definition) is 6. The van der Waals surface area contributed by atoms with Crippen LogP contribution in [0.15, 0.2) is 36.4 Å². The minimum atomic E-state index is -0.686. The minimum absolute atomic E-state index is 0.222. The molecule has 8 heteroatoms. The Labute approximate surface area is 175 Å². The number of benzene rings is 2. The van der Waals surface area contributed by atoms with E-state index in [1.54, 1.807) is 6.07 Å². The maximum Gasteiger partial charge on any atom is 0.338 e. The van der Waals surface area contributed by atoms with E-state index in [-0.39, 0.29) is 18.0 Å². The van der Waals surface area contributed by atoms with Gasteiger partial charge in [-0.3, -0.25) is 9.59 Å². The van der Waals surface area contributed by atoms with Gasteiger partial charge in [-0.2, -0.15) is 0 Å². The van der Waals surface area contributed by atoms with Crippen LogP contribution in [-0.4, -0.2) is 44.7 Å². The summed E-state index contributed by atoms with van der Waals surface area (Å²) in [6.45, 7) is 5.24. The van der Waals surface area contributed by atoms with Crippen molar-refractivity contribution in [3.8, 4) is 11.5 Å². The Morgan fingerprint density at radius 3 is 2.30 bits per heavy atom. The van der Waals surface area contributed by atoms with E-state index < -0.39 is 18.5 Å². The Balaban J connectivity index is 1.83. The molecule has 0 saturated carbocycles. The second kappa shape index (κ2) is 10.8. The van der Waals surface area contributed by atoms with E-state index in [4.69, 9.17) is 14.2 Å². The summed E-state index contributed by atoms with van der Waals surface area (Å²) >= 11 is 0. The molecule has 30 heavy (non-hydrogen) atoms. The number of esters is 1. The number of para-hydroxylation sites is 1. The standard InChI is InChI=1S/C22H26N2O6/c1-5-29-18-11-16(9-10-17(18)28-4)22(27)30-13-20(26)23-12-19(25)24-21-14(2)7-6-8-15(21)3/h6-11H,5,12-13H2,1-4H3,(H,23,26)(H,24,25). The summed E-state index contributed by atoms with van der Waals surface area (Å²) in [6.07, 6.45) is 0. The van der Waals surface area contributed by atoms with Gasteiger partial charge in [-0.05, 0) is 50.1 Å². The van der Waals surface area contributed by atoms with E-state index in [9.17, 15) is 14.4 Å². The number of amides is 2. The summed E-state index contributed by atoms with van der Waals surface area (Å²) in [5.41, 5.74) is 2.79. The first-order valence-corrected chi connectivity index (χ1v) is 9.46. The van der Waals surface area contributed by atoms with Crippen LogP contribution in [0.5, 0.6) is 11.5 Å². The quantitative estimate of drug-likeness (QED) is 0.612. The van der Waals surface area contributed by atoms with Gasteiger partial charge in [0, 0.05) is 5.69 Å². The Hall–Kier alpha value is -3.55. The zero-order valence-electron chi connectivity index (χ0n) is 17.5. The molecule has 0 aromatic heterocycles. The number of anilines is 1. The number of ether oxygens (including phenoxy) is 3. The maximum absolute atomic E-state index is 12.2. The predicted molar refractivity (Wildman–Crippen MR) is 112 cm³/mol. The molecule has 0 saturated heterocycles. The van der Waals surface area contributed by atoms with Gasteiger partial charge in [0.15, 0.2) is 18.1 Å². The van der Waals surface area contributed by atoms with Crippen molar-refractivity contribution < 1.29 is 28.6 Å². The molecule has 2 rings (SSSR count). The molecule has 0 atom stereocenters. The third-order valence-corrected chi connectivity index (χ3v) is 4.23. The normalized spacial score (nSPS) is 10.1. The summed E-state index contributed by atoms with van der Waals surface area (Å²) in [4.78, 5) is 36.2. The van der Waals surface area contributed by atoms with Crippen LogP contribution in [0.4, 0.5) is 5.69 Å². The Morgan fingerprint density at radius 1 is 0.967 bits per heavy atom. The topological polar surface area (TPSA) is 103 Å². The van der Waals surface area contributed by atoms with Crippen molar-refractivity contribution >= 4 is 23.5 Å². The molecule has 0 radical (unpaired) electrons. The summed E-state index contributed by atoms with van der Waals surface area (Å²) in [5, 5.41) is 5.19. The molecule has 2 amide bonds. The third kappa shape index (κ3) is 6.23. The lowest BCUT2D eigenvalue weighted by Gasteiger charge is -2.12. The fourth-order valence-electron chi connectivity index (χ4n) is 2.71. The van der Waals surface area contributed by atoms with Crippen LogP contribution in [0.25, 0.3) is 0 Å². The summed E-state index contributed by atoms with van der Waals surface area (Å²) in [6, 6.07) is 10.3. The van der Waals surface area contributed by atoms with Gasteiger partial charge in [-0.1, -0.05) is 18.2 Å². The SMILES string of the molecule is CCOc1cc(C(=O)OCC(=O)NCC(=O)Nc2c(C)cccc2C)ccc1OC. The van der Waals surface area contributed by atoms with E-state index in [1.165, 1.54) is 19.2 Å². The van der Waals surface area contributed by atoms with Crippen LogP contribution >= 0.6 is 0 Å². The number of rotatable bonds is 9. The first-order chi connectivity index (χ1) is 14.3. The highest BCUT2D eigenvalue weighted by Gasteiger charge is 2.15. The minimum Gasteiger partial charge on any atom is -0.493 e. The molecule has 2 aromatic rings. The smallest absolute Gasteiger partial charge is 0.338 e.